The largest absolute Gasteiger partial charge is 0.475 e. The molecule has 3 rings (SSSR count). The van der Waals surface area contributed by atoms with Gasteiger partial charge in [0.2, 0.25) is 17.6 Å². The lowest BCUT2D eigenvalue weighted by atomic mass is 10.4. The van der Waals surface area contributed by atoms with E-state index in [0.29, 0.717) is 16.9 Å². The monoisotopic (exact) mass is 309 g/mol. The number of nitrogens with zero attached hydrogens (tertiary/aromatic N) is 2. The molecule has 2 aromatic rings. The molecule has 1 saturated carbocycles. The van der Waals surface area contributed by atoms with Gasteiger partial charge in [-0.2, -0.15) is 0 Å². The third-order valence-corrected chi connectivity index (χ3v) is 3.66. The zero-order chi connectivity index (χ0) is 14.8. The molecule has 8 nitrogen and oxygen atoms in total. The number of aromatic nitrogens is 2. The molecule has 0 spiro atoms. The van der Waals surface area contributed by atoms with Crippen LogP contribution >= 0.6 is 11.8 Å². The highest BCUT2D eigenvalue weighted by Crippen LogP contribution is 2.39. The summed E-state index contributed by atoms with van der Waals surface area (Å²) in [6, 6.07) is 2.91. The lowest BCUT2D eigenvalue weighted by molar-refractivity contribution is -0.113. The molecule has 0 radical (unpaired) electrons. The van der Waals surface area contributed by atoms with Gasteiger partial charge in [-0.3, -0.25) is 10.1 Å². The van der Waals surface area contributed by atoms with Gasteiger partial charge in [-0.25, -0.2) is 4.79 Å². The standard InChI is InChI=1S/C12H11N3O5S/c16-8(5-21-9-4-3-7(19-9)11(17)18)13-12-15-14-10(20-12)6-1-2-6/h3-4,6H,1-2,5H2,(H,17,18)(H,13,15,16). The van der Waals surface area contributed by atoms with Crippen LogP contribution in [0.2, 0.25) is 0 Å². The van der Waals surface area contributed by atoms with Crippen molar-refractivity contribution in [3.05, 3.63) is 23.8 Å². The van der Waals surface area contributed by atoms with Crippen molar-refractivity contribution in [1.82, 2.24) is 10.2 Å². The molecule has 0 aliphatic heterocycles. The minimum absolute atomic E-state index is 0.0493. The highest BCUT2D eigenvalue weighted by molar-refractivity contribution is 7.99. The maximum atomic E-state index is 11.7. The van der Waals surface area contributed by atoms with Gasteiger partial charge in [0.25, 0.3) is 0 Å². The number of hydrogen-bond acceptors (Lipinski definition) is 7. The van der Waals surface area contributed by atoms with Crippen molar-refractivity contribution in [3.63, 3.8) is 0 Å². The van der Waals surface area contributed by atoms with Gasteiger partial charge in [-0.15, -0.1) is 5.10 Å². The average molecular weight is 309 g/mol. The Hall–Kier alpha value is -2.29. The molecule has 1 aliphatic carbocycles. The Kier molecular flexibility index (Phi) is 3.65. The van der Waals surface area contributed by atoms with E-state index < -0.39 is 5.97 Å². The van der Waals surface area contributed by atoms with Crippen LogP contribution in [0.3, 0.4) is 0 Å². The Labute approximate surface area is 122 Å². The minimum Gasteiger partial charge on any atom is -0.475 e. The SMILES string of the molecule is O=C(CSc1ccc(C(=O)O)o1)Nc1nnc(C2CC2)o1. The summed E-state index contributed by atoms with van der Waals surface area (Å²) in [4.78, 5) is 22.3. The van der Waals surface area contributed by atoms with Crippen molar-refractivity contribution < 1.29 is 23.5 Å². The van der Waals surface area contributed by atoms with E-state index in [-0.39, 0.29) is 23.4 Å². The Bertz CT molecular complexity index is 676. The van der Waals surface area contributed by atoms with Crippen LogP contribution in [0.4, 0.5) is 6.01 Å². The highest BCUT2D eigenvalue weighted by Gasteiger charge is 2.29. The first-order chi connectivity index (χ1) is 10.1. The fraction of sp³-hybridized carbons (Fsp3) is 0.333. The molecule has 110 valence electrons. The van der Waals surface area contributed by atoms with E-state index in [1.54, 1.807) is 0 Å². The maximum absolute atomic E-state index is 11.7. The topological polar surface area (TPSA) is 118 Å². The van der Waals surface area contributed by atoms with Gasteiger partial charge < -0.3 is 13.9 Å². The van der Waals surface area contributed by atoms with E-state index in [1.807, 2.05) is 0 Å². The van der Waals surface area contributed by atoms with Crippen molar-refractivity contribution in [3.8, 4) is 0 Å². The number of carboxylic acid groups (broad SMARTS) is 1. The van der Waals surface area contributed by atoms with Crippen molar-refractivity contribution in [1.29, 1.82) is 0 Å². The second kappa shape index (κ2) is 5.60. The summed E-state index contributed by atoms with van der Waals surface area (Å²) in [6.07, 6.45) is 2.08. The van der Waals surface area contributed by atoms with E-state index in [9.17, 15) is 9.59 Å². The van der Waals surface area contributed by atoms with Crippen LogP contribution < -0.4 is 5.32 Å². The Morgan fingerprint density at radius 3 is 2.81 bits per heavy atom. The number of hydrogen-bond donors (Lipinski definition) is 2. The summed E-state index contributed by atoms with van der Waals surface area (Å²) >= 11 is 1.08. The molecular weight excluding hydrogens is 298 g/mol. The van der Waals surface area contributed by atoms with Crippen LogP contribution in [0.5, 0.6) is 0 Å². The zero-order valence-electron chi connectivity index (χ0n) is 10.7. The molecular formula is C12H11N3O5S. The maximum Gasteiger partial charge on any atom is 0.371 e. The molecule has 2 aromatic heterocycles. The van der Waals surface area contributed by atoms with Gasteiger partial charge in [0, 0.05) is 5.92 Å². The summed E-state index contributed by atoms with van der Waals surface area (Å²) in [7, 11) is 0. The number of carbonyl (C=O) groups is 2. The molecule has 21 heavy (non-hydrogen) atoms. The van der Waals surface area contributed by atoms with Crippen molar-refractivity contribution >= 4 is 29.7 Å². The molecule has 1 fully saturated rings. The summed E-state index contributed by atoms with van der Waals surface area (Å²) in [5, 5.41) is 19.1. The quantitative estimate of drug-likeness (QED) is 0.777. The molecule has 2 heterocycles. The minimum atomic E-state index is -1.15. The fourth-order valence-corrected chi connectivity index (χ4v) is 2.24. The summed E-state index contributed by atoms with van der Waals surface area (Å²) in [5.74, 6) is -0.716. The predicted molar refractivity (Wildman–Crippen MR) is 71.3 cm³/mol. The van der Waals surface area contributed by atoms with Crippen LogP contribution in [-0.4, -0.2) is 32.9 Å². The highest BCUT2D eigenvalue weighted by atomic mass is 32.2. The number of amides is 1. The zero-order valence-corrected chi connectivity index (χ0v) is 11.6. The number of anilines is 1. The van der Waals surface area contributed by atoms with E-state index >= 15 is 0 Å². The number of rotatable bonds is 6. The smallest absolute Gasteiger partial charge is 0.371 e. The first-order valence-corrected chi connectivity index (χ1v) is 7.19. The molecule has 9 heteroatoms. The van der Waals surface area contributed by atoms with E-state index in [0.717, 1.165) is 24.6 Å². The molecule has 0 bridgehead atoms. The second-order valence-corrected chi connectivity index (χ2v) is 5.46. The number of thioether (sulfide) groups is 1. The number of carboxylic acids is 1. The van der Waals surface area contributed by atoms with Gasteiger partial charge >= 0.3 is 12.0 Å². The molecule has 0 atom stereocenters. The van der Waals surface area contributed by atoms with E-state index in [1.165, 1.54) is 12.1 Å². The summed E-state index contributed by atoms with van der Waals surface area (Å²) in [5.41, 5.74) is 0. The molecule has 2 N–H and O–H groups in total. The first kappa shape index (κ1) is 13.7. The number of aromatic carboxylic acids is 1. The van der Waals surface area contributed by atoms with Gasteiger partial charge in [-0.05, 0) is 25.0 Å². The average Bonchev–Trinajstić information content (AvgIpc) is 3.00. The van der Waals surface area contributed by atoms with Crippen LogP contribution in [0.15, 0.2) is 26.1 Å². The number of furan rings is 1. The van der Waals surface area contributed by atoms with Crippen LogP contribution in [0.25, 0.3) is 0 Å². The van der Waals surface area contributed by atoms with Gasteiger partial charge in [0.1, 0.15) is 0 Å². The number of nitrogens with one attached hydrogen (secondary N) is 1. The third kappa shape index (κ3) is 3.43. The van der Waals surface area contributed by atoms with Crippen LogP contribution in [0.1, 0.15) is 35.2 Å². The summed E-state index contributed by atoms with van der Waals surface area (Å²) in [6.45, 7) is 0. The second-order valence-electron chi connectivity index (χ2n) is 4.48. The lowest BCUT2D eigenvalue weighted by Gasteiger charge is -1.98. The van der Waals surface area contributed by atoms with E-state index in [4.69, 9.17) is 13.9 Å². The van der Waals surface area contributed by atoms with Crippen molar-refractivity contribution in [2.75, 3.05) is 11.1 Å². The van der Waals surface area contributed by atoms with Crippen molar-refractivity contribution in [2.45, 2.75) is 23.9 Å². The summed E-state index contributed by atoms with van der Waals surface area (Å²) < 4.78 is 10.3. The fourth-order valence-electron chi connectivity index (χ4n) is 1.59. The molecule has 0 unspecified atom stereocenters. The lowest BCUT2D eigenvalue weighted by Crippen LogP contribution is -2.14. The molecule has 1 aliphatic rings. The Morgan fingerprint density at radius 2 is 2.14 bits per heavy atom. The Morgan fingerprint density at radius 1 is 1.33 bits per heavy atom. The van der Waals surface area contributed by atoms with Gasteiger partial charge in [0.05, 0.1) is 5.75 Å². The first-order valence-electron chi connectivity index (χ1n) is 6.21. The van der Waals surface area contributed by atoms with Gasteiger partial charge in [0.15, 0.2) is 5.09 Å². The molecule has 0 aromatic carbocycles. The van der Waals surface area contributed by atoms with Crippen LogP contribution in [0, 0.1) is 0 Å². The normalized spacial score (nSPS) is 14.1. The van der Waals surface area contributed by atoms with Crippen LogP contribution in [-0.2, 0) is 4.79 Å². The van der Waals surface area contributed by atoms with E-state index in [2.05, 4.69) is 15.5 Å². The third-order valence-electron chi connectivity index (χ3n) is 2.75. The van der Waals surface area contributed by atoms with Crippen molar-refractivity contribution in [2.24, 2.45) is 0 Å². The van der Waals surface area contributed by atoms with Gasteiger partial charge in [-0.1, -0.05) is 16.9 Å². The molecule has 0 saturated heterocycles. The molecule has 1 amide bonds. The Balaban J connectivity index is 1.49. The number of carbonyl (C=O) groups excluding carboxylic acids is 1. The predicted octanol–water partition coefficient (Wildman–Crippen LogP) is 1.97.